The third-order valence-corrected chi connectivity index (χ3v) is 4.75. The molecule has 2 aromatic carbocycles. The molecular formula is C22H21N5O2. The highest BCUT2D eigenvalue weighted by Crippen LogP contribution is 2.16. The zero-order chi connectivity index (χ0) is 20.2. The third-order valence-electron chi connectivity index (χ3n) is 4.75. The maximum absolute atomic E-state index is 12.4. The van der Waals surface area contributed by atoms with Crippen LogP contribution in [0.3, 0.4) is 0 Å². The van der Waals surface area contributed by atoms with Crippen LogP contribution in [0.25, 0.3) is 16.7 Å². The second kappa shape index (κ2) is 8.10. The SMILES string of the molecule is CCc1ccccc1NC(=O)CCc1nc2c(cnn2-c2ccccc2)c(=O)[nH]1. The number of nitrogens with zero attached hydrogens (tertiary/aromatic N) is 3. The molecule has 7 nitrogen and oxygen atoms in total. The van der Waals surface area contributed by atoms with Gasteiger partial charge in [0, 0.05) is 18.5 Å². The van der Waals surface area contributed by atoms with Crippen LogP contribution in [0.2, 0.25) is 0 Å². The van der Waals surface area contributed by atoms with Crippen molar-refractivity contribution in [2.24, 2.45) is 0 Å². The number of benzene rings is 2. The van der Waals surface area contributed by atoms with E-state index < -0.39 is 0 Å². The van der Waals surface area contributed by atoms with Crippen molar-refractivity contribution in [3.63, 3.8) is 0 Å². The Bertz CT molecular complexity index is 1210. The van der Waals surface area contributed by atoms with Crippen LogP contribution in [0, 0.1) is 0 Å². The maximum atomic E-state index is 12.4. The molecule has 29 heavy (non-hydrogen) atoms. The zero-order valence-electron chi connectivity index (χ0n) is 16.1. The summed E-state index contributed by atoms with van der Waals surface area (Å²) in [5.74, 6) is 0.337. The van der Waals surface area contributed by atoms with Crippen LogP contribution in [-0.2, 0) is 17.6 Å². The number of fused-ring (bicyclic) bond motifs is 1. The molecule has 2 heterocycles. The summed E-state index contributed by atoms with van der Waals surface area (Å²) in [5, 5.41) is 7.65. The summed E-state index contributed by atoms with van der Waals surface area (Å²) in [6.07, 6.45) is 2.88. The first-order valence-electron chi connectivity index (χ1n) is 9.56. The molecule has 4 rings (SSSR count). The molecule has 1 amide bonds. The van der Waals surface area contributed by atoms with Crippen LogP contribution in [0.15, 0.2) is 65.6 Å². The van der Waals surface area contributed by atoms with Gasteiger partial charge in [-0.2, -0.15) is 5.10 Å². The lowest BCUT2D eigenvalue weighted by molar-refractivity contribution is -0.116. The molecule has 4 aromatic rings. The number of carbonyl (C=O) groups is 1. The Kier molecular flexibility index (Phi) is 5.20. The molecular weight excluding hydrogens is 366 g/mol. The Hall–Kier alpha value is -3.74. The van der Waals surface area contributed by atoms with E-state index in [9.17, 15) is 9.59 Å². The molecule has 0 aliphatic heterocycles. The molecule has 0 radical (unpaired) electrons. The number of amides is 1. The van der Waals surface area contributed by atoms with Crippen LogP contribution in [0.1, 0.15) is 24.7 Å². The van der Waals surface area contributed by atoms with Gasteiger partial charge < -0.3 is 10.3 Å². The molecule has 0 bridgehead atoms. The van der Waals surface area contributed by atoms with Gasteiger partial charge in [0.15, 0.2) is 5.65 Å². The average molecular weight is 387 g/mol. The van der Waals surface area contributed by atoms with E-state index in [-0.39, 0.29) is 17.9 Å². The van der Waals surface area contributed by atoms with Gasteiger partial charge in [0.1, 0.15) is 11.2 Å². The van der Waals surface area contributed by atoms with Crippen LogP contribution in [-0.4, -0.2) is 25.7 Å². The second-order valence-corrected chi connectivity index (χ2v) is 6.70. The van der Waals surface area contributed by atoms with E-state index in [4.69, 9.17) is 0 Å². The fraction of sp³-hybridized carbons (Fsp3) is 0.182. The monoisotopic (exact) mass is 387 g/mol. The predicted molar refractivity (Wildman–Crippen MR) is 112 cm³/mol. The van der Waals surface area contributed by atoms with Gasteiger partial charge in [0.2, 0.25) is 5.91 Å². The molecule has 0 saturated heterocycles. The number of para-hydroxylation sites is 2. The van der Waals surface area contributed by atoms with Gasteiger partial charge in [-0.25, -0.2) is 9.67 Å². The van der Waals surface area contributed by atoms with Crippen LogP contribution in [0.4, 0.5) is 5.69 Å². The number of H-pyrrole nitrogens is 1. The summed E-state index contributed by atoms with van der Waals surface area (Å²) in [7, 11) is 0. The Morgan fingerprint density at radius 3 is 2.66 bits per heavy atom. The molecule has 0 atom stereocenters. The van der Waals surface area contributed by atoms with Gasteiger partial charge in [-0.05, 0) is 30.2 Å². The first-order chi connectivity index (χ1) is 14.2. The minimum atomic E-state index is -0.260. The quantitative estimate of drug-likeness (QED) is 0.531. The largest absolute Gasteiger partial charge is 0.326 e. The van der Waals surface area contributed by atoms with Crippen molar-refractivity contribution in [1.82, 2.24) is 19.7 Å². The van der Waals surface area contributed by atoms with E-state index in [2.05, 4.69) is 20.4 Å². The van der Waals surface area contributed by atoms with Crippen LogP contribution >= 0.6 is 0 Å². The Balaban J connectivity index is 1.54. The smallest absolute Gasteiger partial charge is 0.262 e. The number of nitrogens with one attached hydrogen (secondary N) is 2. The summed E-state index contributed by atoms with van der Waals surface area (Å²) in [6.45, 7) is 2.05. The summed E-state index contributed by atoms with van der Waals surface area (Å²) >= 11 is 0. The van der Waals surface area contributed by atoms with Crippen molar-refractivity contribution in [3.05, 3.63) is 82.5 Å². The first-order valence-corrected chi connectivity index (χ1v) is 9.56. The maximum Gasteiger partial charge on any atom is 0.262 e. The second-order valence-electron chi connectivity index (χ2n) is 6.70. The van der Waals surface area contributed by atoms with E-state index in [1.54, 1.807) is 4.68 Å². The summed E-state index contributed by atoms with van der Waals surface area (Å²) in [5.41, 5.74) is 2.94. The van der Waals surface area contributed by atoms with Crippen LogP contribution in [0.5, 0.6) is 0 Å². The van der Waals surface area contributed by atoms with Crippen molar-refractivity contribution < 1.29 is 4.79 Å². The fourth-order valence-electron chi connectivity index (χ4n) is 3.24. The number of hydrogen-bond donors (Lipinski definition) is 2. The highest BCUT2D eigenvalue weighted by atomic mass is 16.1. The number of aromatic amines is 1. The average Bonchev–Trinajstić information content (AvgIpc) is 3.18. The first kappa shape index (κ1) is 18.6. The van der Waals surface area contributed by atoms with Crippen molar-refractivity contribution in [1.29, 1.82) is 0 Å². The van der Waals surface area contributed by atoms with Gasteiger partial charge in [0.05, 0.1) is 11.9 Å². The Morgan fingerprint density at radius 1 is 1.10 bits per heavy atom. The lowest BCUT2D eigenvalue weighted by Crippen LogP contribution is -2.17. The third kappa shape index (κ3) is 3.94. The predicted octanol–water partition coefficient (Wildman–Crippen LogP) is 3.24. The van der Waals surface area contributed by atoms with Gasteiger partial charge in [0.25, 0.3) is 5.56 Å². The van der Waals surface area contributed by atoms with Gasteiger partial charge in [-0.3, -0.25) is 9.59 Å². The van der Waals surface area contributed by atoms with E-state index >= 15 is 0 Å². The van der Waals surface area contributed by atoms with E-state index in [0.29, 0.717) is 23.3 Å². The summed E-state index contributed by atoms with van der Waals surface area (Å²) < 4.78 is 1.63. The van der Waals surface area contributed by atoms with Crippen molar-refractivity contribution >= 4 is 22.6 Å². The number of rotatable bonds is 6. The highest BCUT2D eigenvalue weighted by molar-refractivity contribution is 5.91. The van der Waals surface area contributed by atoms with Crippen molar-refractivity contribution in [2.45, 2.75) is 26.2 Å². The normalized spacial score (nSPS) is 10.9. The van der Waals surface area contributed by atoms with E-state index in [1.807, 2.05) is 61.5 Å². The highest BCUT2D eigenvalue weighted by Gasteiger charge is 2.13. The van der Waals surface area contributed by atoms with Crippen LogP contribution < -0.4 is 10.9 Å². The molecule has 0 aliphatic carbocycles. The molecule has 2 N–H and O–H groups in total. The molecule has 0 unspecified atom stereocenters. The standard InChI is InChI=1S/C22H21N5O2/c1-2-15-8-6-7-11-18(15)24-20(28)13-12-19-25-21-17(22(29)26-19)14-23-27(21)16-9-4-3-5-10-16/h3-11,14H,2,12-13H2,1H3,(H,24,28)(H,25,26,29). The van der Waals surface area contributed by atoms with Gasteiger partial charge in [-0.15, -0.1) is 0 Å². The lowest BCUT2D eigenvalue weighted by atomic mass is 10.1. The molecule has 0 fully saturated rings. The molecule has 2 aromatic heterocycles. The summed E-state index contributed by atoms with van der Waals surface area (Å²) in [6, 6.07) is 17.2. The minimum Gasteiger partial charge on any atom is -0.326 e. The Labute approximate surface area is 167 Å². The Morgan fingerprint density at radius 2 is 1.86 bits per heavy atom. The molecule has 146 valence electrons. The molecule has 0 spiro atoms. The number of aryl methyl sites for hydroxylation is 2. The van der Waals surface area contributed by atoms with Crippen molar-refractivity contribution in [2.75, 3.05) is 5.32 Å². The number of anilines is 1. The lowest BCUT2D eigenvalue weighted by Gasteiger charge is -2.09. The fourth-order valence-corrected chi connectivity index (χ4v) is 3.24. The zero-order valence-corrected chi connectivity index (χ0v) is 16.1. The number of carbonyl (C=O) groups excluding carboxylic acids is 1. The molecule has 0 aliphatic rings. The number of aromatic nitrogens is 4. The van der Waals surface area contributed by atoms with Gasteiger partial charge in [-0.1, -0.05) is 43.3 Å². The molecule has 0 saturated carbocycles. The van der Waals surface area contributed by atoms with Crippen molar-refractivity contribution in [3.8, 4) is 5.69 Å². The summed E-state index contributed by atoms with van der Waals surface area (Å²) in [4.78, 5) is 32.1. The van der Waals surface area contributed by atoms with E-state index in [0.717, 1.165) is 23.4 Å². The van der Waals surface area contributed by atoms with Gasteiger partial charge >= 0.3 is 0 Å². The molecule has 7 heteroatoms. The minimum absolute atomic E-state index is 0.120. The topological polar surface area (TPSA) is 92.7 Å². The number of hydrogen-bond acceptors (Lipinski definition) is 4. The van der Waals surface area contributed by atoms with E-state index in [1.165, 1.54) is 6.20 Å².